The van der Waals surface area contributed by atoms with E-state index < -0.39 is 17.9 Å². The SMILES string of the molecule is Cc1ccc(-c2ccc(C(=O)N[C@H](CO)C(C)(C)C)cc2C(=O)O)c(OCc2ccc(C(=N)N)cc2)c1. The minimum atomic E-state index is -1.18. The Hall–Kier alpha value is -4.17. The number of hydrogen-bond acceptors (Lipinski definition) is 5. The van der Waals surface area contributed by atoms with E-state index in [1.807, 2.05) is 52.0 Å². The Labute approximate surface area is 216 Å². The highest BCUT2D eigenvalue weighted by Gasteiger charge is 2.26. The van der Waals surface area contributed by atoms with Gasteiger partial charge in [-0.2, -0.15) is 0 Å². The fourth-order valence-corrected chi connectivity index (χ4v) is 3.79. The van der Waals surface area contributed by atoms with Crippen molar-refractivity contribution in [1.82, 2.24) is 5.32 Å². The number of aromatic carboxylic acids is 1. The van der Waals surface area contributed by atoms with Crippen molar-refractivity contribution in [2.45, 2.75) is 40.3 Å². The largest absolute Gasteiger partial charge is 0.488 e. The molecule has 0 radical (unpaired) electrons. The van der Waals surface area contributed by atoms with Gasteiger partial charge in [-0.25, -0.2) is 4.79 Å². The molecule has 37 heavy (non-hydrogen) atoms. The molecule has 8 nitrogen and oxygen atoms in total. The molecule has 0 aromatic heterocycles. The summed E-state index contributed by atoms with van der Waals surface area (Å²) in [6, 6.07) is 16.6. The number of nitrogen functional groups attached to an aromatic ring is 1. The van der Waals surface area contributed by atoms with Crippen LogP contribution in [-0.2, 0) is 6.61 Å². The predicted molar refractivity (Wildman–Crippen MR) is 143 cm³/mol. The molecule has 0 heterocycles. The maximum absolute atomic E-state index is 12.9. The third-order valence-electron chi connectivity index (χ3n) is 6.13. The molecular formula is C29H33N3O5. The zero-order valence-electron chi connectivity index (χ0n) is 21.5. The molecule has 0 fully saturated rings. The van der Waals surface area contributed by atoms with Crippen molar-refractivity contribution >= 4 is 17.7 Å². The number of aryl methyl sites for hydroxylation is 1. The summed E-state index contributed by atoms with van der Waals surface area (Å²) in [5.41, 5.74) is 8.70. The molecule has 0 aliphatic rings. The lowest BCUT2D eigenvalue weighted by Gasteiger charge is -2.29. The standard InChI is InChI=1S/C29H33N3O5/c1-17-5-11-22(24(13-17)37-16-18-6-8-19(9-7-18)26(30)31)21-12-10-20(14-23(21)28(35)36)27(34)32-25(15-33)29(2,3)4/h5-14,25,33H,15-16H2,1-4H3,(H3,30,31)(H,32,34)(H,35,36)/t25-/m1/s1. The van der Waals surface area contributed by atoms with E-state index in [0.717, 1.165) is 11.1 Å². The number of aliphatic hydroxyl groups excluding tert-OH is 1. The molecule has 0 aliphatic carbocycles. The van der Waals surface area contributed by atoms with Crippen LogP contribution < -0.4 is 15.8 Å². The maximum atomic E-state index is 12.9. The van der Waals surface area contributed by atoms with E-state index in [-0.39, 0.29) is 35.6 Å². The van der Waals surface area contributed by atoms with E-state index in [1.54, 1.807) is 30.3 Å². The number of nitrogens with one attached hydrogen (secondary N) is 2. The molecule has 0 saturated heterocycles. The quantitative estimate of drug-likeness (QED) is 0.217. The van der Waals surface area contributed by atoms with E-state index in [4.69, 9.17) is 15.9 Å². The molecule has 0 unspecified atom stereocenters. The predicted octanol–water partition coefficient (Wildman–Crippen LogP) is 4.36. The molecule has 0 aliphatic heterocycles. The summed E-state index contributed by atoms with van der Waals surface area (Å²) in [7, 11) is 0. The molecule has 3 rings (SSSR count). The Morgan fingerprint density at radius 3 is 2.19 bits per heavy atom. The molecule has 0 spiro atoms. The van der Waals surface area contributed by atoms with Crippen molar-refractivity contribution in [2.24, 2.45) is 11.1 Å². The second-order valence-electron chi connectivity index (χ2n) is 10.0. The van der Waals surface area contributed by atoms with Gasteiger partial charge in [-0.3, -0.25) is 10.2 Å². The van der Waals surface area contributed by atoms with Crippen LogP contribution in [0.25, 0.3) is 11.1 Å². The Morgan fingerprint density at radius 1 is 1.00 bits per heavy atom. The summed E-state index contributed by atoms with van der Waals surface area (Å²) in [6.45, 7) is 7.60. The number of benzene rings is 3. The molecule has 1 amide bonds. The van der Waals surface area contributed by atoms with E-state index in [1.165, 1.54) is 6.07 Å². The minimum absolute atomic E-state index is 0.0166. The summed E-state index contributed by atoms with van der Waals surface area (Å²) in [5.74, 6) is -1.15. The Balaban J connectivity index is 1.93. The van der Waals surface area contributed by atoms with Crippen LogP contribution in [0.2, 0.25) is 0 Å². The van der Waals surface area contributed by atoms with Gasteiger partial charge < -0.3 is 26.0 Å². The number of ether oxygens (including phenoxy) is 1. The van der Waals surface area contributed by atoms with Gasteiger partial charge in [-0.05, 0) is 47.2 Å². The number of amidine groups is 1. The van der Waals surface area contributed by atoms with Gasteiger partial charge >= 0.3 is 5.97 Å². The van der Waals surface area contributed by atoms with Crippen LogP contribution in [0.1, 0.15) is 58.2 Å². The minimum Gasteiger partial charge on any atom is -0.488 e. The Kier molecular flexibility index (Phi) is 8.35. The van der Waals surface area contributed by atoms with Gasteiger partial charge in [0.1, 0.15) is 18.2 Å². The second kappa shape index (κ2) is 11.3. The zero-order valence-corrected chi connectivity index (χ0v) is 21.5. The van der Waals surface area contributed by atoms with Crippen molar-refractivity contribution in [2.75, 3.05) is 6.61 Å². The first-order chi connectivity index (χ1) is 17.4. The van der Waals surface area contributed by atoms with Gasteiger partial charge in [-0.1, -0.05) is 63.2 Å². The van der Waals surface area contributed by atoms with Crippen LogP contribution in [0.5, 0.6) is 5.75 Å². The first-order valence-corrected chi connectivity index (χ1v) is 11.9. The Bertz CT molecular complexity index is 1310. The number of carboxylic acid groups (broad SMARTS) is 1. The van der Waals surface area contributed by atoms with Crippen LogP contribution >= 0.6 is 0 Å². The lowest BCUT2D eigenvalue weighted by Crippen LogP contribution is -2.46. The summed E-state index contributed by atoms with van der Waals surface area (Å²) >= 11 is 0. The normalized spacial score (nSPS) is 12.0. The number of amides is 1. The fourth-order valence-electron chi connectivity index (χ4n) is 3.79. The lowest BCUT2D eigenvalue weighted by molar-refractivity contribution is 0.0697. The fraction of sp³-hybridized carbons (Fsp3) is 0.276. The van der Waals surface area contributed by atoms with Crippen molar-refractivity contribution < 1.29 is 24.5 Å². The maximum Gasteiger partial charge on any atom is 0.336 e. The third-order valence-corrected chi connectivity index (χ3v) is 6.13. The summed E-state index contributed by atoms with van der Waals surface area (Å²) in [5, 5.41) is 30.0. The molecule has 8 heteroatoms. The third kappa shape index (κ3) is 6.74. The number of carboxylic acids is 1. The molecule has 3 aromatic rings. The molecule has 6 N–H and O–H groups in total. The van der Waals surface area contributed by atoms with Gasteiger partial charge in [0.15, 0.2) is 0 Å². The van der Waals surface area contributed by atoms with Gasteiger partial charge in [0, 0.05) is 16.7 Å². The molecule has 194 valence electrons. The highest BCUT2D eigenvalue weighted by atomic mass is 16.5. The van der Waals surface area contributed by atoms with E-state index in [2.05, 4.69) is 5.32 Å². The monoisotopic (exact) mass is 503 g/mol. The molecule has 0 bridgehead atoms. The van der Waals surface area contributed by atoms with Crippen LogP contribution in [0.15, 0.2) is 60.7 Å². The number of aliphatic hydroxyl groups is 1. The summed E-state index contributed by atoms with van der Waals surface area (Å²) in [6.07, 6.45) is 0. The molecule has 3 aromatic carbocycles. The van der Waals surface area contributed by atoms with Crippen LogP contribution in [-0.4, -0.2) is 40.6 Å². The van der Waals surface area contributed by atoms with Gasteiger partial charge in [-0.15, -0.1) is 0 Å². The number of nitrogens with two attached hydrogens (primary N) is 1. The van der Waals surface area contributed by atoms with Crippen molar-refractivity contribution in [1.29, 1.82) is 5.41 Å². The van der Waals surface area contributed by atoms with Gasteiger partial charge in [0.2, 0.25) is 0 Å². The number of rotatable bonds is 9. The van der Waals surface area contributed by atoms with Crippen LogP contribution in [0.3, 0.4) is 0 Å². The van der Waals surface area contributed by atoms with Gasteiger partial charge in [0.05, 0.1) is 18.2 Å². The van der Waals surface area contributed by atoms with Crippen LogP contribution in [0, 0.1) is 17.7 Å². The van der Waals surface area contributed by atoms with E-state index in [9.17, 15) is 19.8 Å². The average Bonchev–Trinajstić information content (AvgIpc) is 2.85. The summed E-state index contributed by atoms with van der Waals surface area (Å²) in [4.78, 5) is 25.1. The number of carbonyl (C=O) groups excluding carboxylic acids is 1. The second-order valence-corrected chi connectivity index (χ2v) is 10.0. The first-order valence-electron chi connectivity index (χ1n) is 11.9. The van der Waals surface area contributed by atoms with Crippen molar-refractivity contribution in [3.63, 3.8) is 0 Å². The van der Waals surface area contributed by atoms with Crippen molar-refractivity contribution in [3.8, 4) is 16.9 Å². The van der Waals surface area contributed by atoms with Crippen molar-refractivity contribution in [3.05, 3.63) is 88.5 Å². The molecule has 1 atom stereocenters. The van der Waals surface area contributed by atoms with Gasteiger partial charge in [0.25, 0.3) is 5.91 Å². The smallest absolute Gasteiger partial charge is 0.336 e. The molecular weight excluding hydrogens is 470 g/mol. The average molecular weight is 504 g/mol. The highest BCUT2D eigenvalue weighted by Crippen LogP contribution is 2.34. The highest BCUT2D eigenvalue weighted by molar-refractivity contribution is 6.02. The zero-order chi connectivity index (χ0) is 27.3. The van der Waals surface area contributed by atoms with E-state index in [0.29, 0.717) is 22.4 Å². The summed E-state index contributed by atoms with van der Waals surface area (Å²) < 4.78 is 6.09. The topological polar surface area (TPSA) is 146 Å². The van der Waals surface area contributed by atoms with E-state index >= 15 is 0 Å². The van der Waals surface area contributed by atoms with Crippen LogP contribution in [0.4, 0.5) is 0 Å². The lowest BCUT2D eigenvalue weighted by atomic mass is 9.87. The molecule has 0 saturated carbocycles. The first kappa shape index (κ1) is 27.4. The number of hydrogen-bond donors (Lipinski definition) is 5. The number of carbonyl (C=O) groups is 2. The Morgan fingerprint density at radius 2 is 1.62 bits per heavy atom.